The Balaban J connectivity index is 2.45. The van der Waals surface area contributed by atoms with Crippen molar-refractivity contribution in [2.75, 3.05) is 0 Å². The van der Waals surface area contributed by atoms with Gasteiger partial charge in [0.15, 0.2) is 11.3 Å². The van der Waals surface area contributed by atoms with E-state index in [2.05, 4.69) is 20.9 Å². The lowest BCUT2D eigenvalue weighted by atomic mass is 10.2. The number of aliphatic hydroxyl groups is 1. The van der Waals surface area contributed by atoms with Crippen LogP contribution in [0.15, 0.2) is 22.9 Å². The minimum Gasteiger partial charge on any atom is -0.380 e. The molecule has 0 aliphatic heterocycles. The second-order valence-corrected chi connectivity index (χ2v) is 8.50. The molecule has 0 saturated carbocycles. The SMILES string of the molecule is O=P(O)(O)c1cn2cc(CC(O)P(=O)(O)O)c(Br)cc2n1. The molecule has 0 bridgehead atoms. The molecule has 0 spiro atoms. The van der Waals surface area contributed by atoms with Crippen LogP contribution >= 0.6 is 31.1 Å². The highest BCUT2D eigenvalue weighted by Crippen LogP contribution is 2.41. The van der Waals surface area contributed by atoms with Gasteiger partial charge in [-0.15, -0.1) is 0 Å². The third-order valence-electron chi connectivity index (χ3n) is 2.69. The summed E-state index contributed by atoms with van der Waals surface area (Å²) in [5.74, 6) is -1.86. The molecular formula is C9H11BrN2O7P2. The standard InChI is InChI=1S/C9H11BrN2O7P2/c10-6-2-7-11-8(20(14,15)16)4-12(7)3-5(6)1-9(13)21(17,18)19/h2-4,9,13H,1H2,(H2,14,15,16)(H2,17,18,19). The van der Waals surface area contributed by atoms with E-state index >= 15 is 0 Å². The van der Waals surface area contributed by atoms with Crippen LogP contribution in [0, 0.1) is 0 Å². The zero-order valence-corrected chi connectivity index (χ0v) is 13.6. The molecule has 1 atom stereocenters. The van der Waals surface area contributed by atoms with Crippen molar-refractivity contribution in [2.24, 2.45) is 0 Å². The molecule has 1 unspecified atom stereocenters. The van der Waals surface area contributed by atoms with Crippen LogP contribution in [-0.4, -0.2) is 39.9 Å². The van der Waals surface area contributed by atoms with Gasteiger partial charge < -0.3 is 29.1 Å². The van der Waals surface area contributed by atoms with Crippen molar-refractivity contribution in [3.05, 3.63) is 28.5 Å². The average Bonchev–Trinajstić information content (AvgIpc) is 2.70. The molecule has 0 fully saturated rings. The summed E-state index contributed by atoms with van der Waals surface area (Å²) >= 11 is 3.16. The van der Waals surface area contributed by atoms with Crippen LogP contribution in [-0.2, 0) is 15.6 Å². The number of halogens is 1. The van der Waals surface area contributed by atoms with Crippen LogP contribution in [0.25, 0.3) is 5.65 Å². The predicted molar refractivity (Wildman–Crippen MR) is 76.3 cm³/mol. The van der Waals surface area contributed by atoms with Crippen LogP contribution in [0.2, 0.25) is 0 Å². The van der Waals surface area contributed by atoms with Gasteiger partial charge in [-0.25, -0.2) is 4.98 Å². The minimum atomic E-state index is -4.64. The maximum absolute atomic E-state index is 11.1. The summed E-state index contributed by atoms with van der Waals surface area (Å²) in [6.45, 7) is 0. The number of hydrogen-bond acceptors (Lipinski definition) is 4. The summed E-state index contributed by atoms with van der Waals surface area (Å²) in [5, 5.41) is 9.44. The highest BCUT2D eigenvalue weighted by molar-refractivity contribution is 9.10. The Morgan fingerprint density at radius 3 is 2.38 bits per heavy atom. The van der Waals surface area contributed by atoms with Gasteiger partial charge in [-0.05, 0) is 11.6 Å². The number of pyridine rings is 1. The molecule has 0 amide bonds. The zero-order valence-electron chi connectivity index (χ0n) is 10.2. The third-order valence-corrected chi connectivity index (χ3v) is 5.20. The van der Waals surface area contributed by atoms with Gasteiger partial charge in [0, 0.05) is 23.3 Å². The van der Waals surface area contributed by atoms with Crippen molar-refractivity contribution >= 4 is 42.2 Å². The van der Waals surface area contributed by atoms with E-state index in [1.165, 1.54) is 16.7 Å². The monoisotopic (exact) mass is 400 g/mol. The molecule has 12 heteroatoms. The van der Waals surface area contributed by atoms with E-state index in [1.54, 1.807) is 0 Å². The zero-order chi connectivity index (χ0) is 16.0. The van der Waals surface area contributed by atoms with Crippen LogP contribution < -0.4 is 5.44 Å². The number of rotatable bonds is 4. The van der Waals surface area contributed by atoms with E-state index in [1.807, 2.05) is 0 Å². The Morgan fingerprint density at radius 1 is 1.24 bits per heavy atom. The van der Waals surface area contributed by atoms with Gasteiger partial charge in [0.05, 0.1) is 0 Å². The molecule has 0 radical (unpaired) electrons. The number of aromatic nitrogens is 2. The highest BCUT2D eigenvalue weighted by Gasteiger charge is 2.27. The van der Waals surface area contributed by atoms with Crippen LogP contribution in [0.5, 0.6) is 0 Å². The topological polar surface area (TPSA) is 153 Å². The fourth-order valence-corrected chi connectivity index (χ4v) is 3.06. The molecule has 5 N–H and O–H groups in total. The van der Waals surface area contributed by atoms with Gasteiger partial charge in [0.2, 0.25) is 0 Å². The Kier molecular flexibility index (Phi) is 4.45. The maximum atomic E-state index is 11.1. The Hall–Kier alpha value is -0.570. The quantitative estimate of drug-likeness (QED) is 0.447. The lowest BCUT2D eigenvalue weighted by Crippen LogP contribution is -2.11. The van der Waals surface area contributed by atoms with Gasteiger partial charge in [0.25, 0.3) is 0 Å². The van der Waals surface area contributed by atoms with E-state index < -0.39 is 26.5 Å². The Morgan fingerprint density at radius 2 is 1.86 bits per heavy atom. The molecule has 2 rings (SSSR count). The molecule has 116 valence electrons. The fourth-order valence-electron chi connectivity index (χ4n) is 1.65. The van der Waals surface area contributed by atoms with Gasteiger partial charge in [-0.3, -0.25) is 9.13 Å². The molecule has 0 aliphatic carbocycles. The van der Waals surface area contributed by atoms with Crippen molar-refractivity contribution in [3.63, 3.8) is 0 Å². The maximum Gasteiger partial charge on any atom is 0.376 e. The first-order valence-electron chi connectivity index (χ1n) is 5.45. The Bertz CT molecular complexity index is 780. The largest absolute Gasteiger partial charge is 0.380 e. The molecule has 2 heterocycles. The molecule has 0 saturated heterocycles. The number of nitrogens with zero attached hydrogens (tertiary/aromatic N) is 2. The molecule has 2 aromatic rings. The van der Waals surface area contributed by atoms with E-state index in [0.717, 1.165) is 6.20 Å². The van der Waals surface area contributed by atoms with Crippen molar-refractivity contribution in [1.82, 2.24) is 9.38 Å². The van der Waals surface area contributed by atoms with Gasteiger partial charge >= 0.3 is 15.2 Å². The number of imidazole rings is 1. The first kappa shape index (κ1) is 16.8. The number of hydrogen-bond donors (Lipinski definition) is 5. The van der Waals surface area contributed by atoms with Gasteiger partial charge in [0.1, 0.15) is 5.65 Å². The van der Waals surface area contributed by atoms with Crippen LogP contribution in [0.1, 0.15) is 5.56 Å². The van der Waals surface area contributed by atoms with Gasteiger partial charge in [-0.2, -0.15) is 0 Å². The normalized spacial score (nSPS) is 14.6. The molecule has 9 nitrogen and oxygen atoms in total. The number of fused-ring (bicyclic) bond motifs is 1. The predicted octanol–water partition coefficient (Wildman–Crippen LogP) is -0.0616. The fraction of sp³-hybridized carbons (Fsp3) is 0.222. The molecule has 0 aromatic carbocycles. The Labute approximate surface area is 126 Å². The lowest BCUT2D eigenvalue weighted by Gasteiger charge is -2.13. The smallest absolute Gasteiger partial charge is 0.376 e. The van der Waals surface area contributed by atoms with Crippen LogP contribution in [0.3, 0.4) is 0 Å². The van der Waals surface area contributed by atoms with Crippen molar-refractivity contribution in [3.8, 4) is 0 Å². The molecule has 21 heavy (non-hydrogen) atoms. The highest BCUT2D eigenvalue weighted by atomic mass is 79.9. The third kappa shape index (κ3) is 3.80. The van der Waals surface area contributed by atoms with Gasteiger partial charge in [-0.1, -0.05) is 15.9 Å². The summed E-state index contributed by atoms with van der Waals surface area (Å²) < 4.78 is 23.8. The summed E-state index contributed by atoms with van der Waals surface area (Å²) in [6, 6.07) is 1.43. The van der Waals surface area contributed by atoms with E-state index in [9.17, 15) is 14.2 Å². The van der Waals surface area contributed by atoms with E-state index in [-0.39, 0.29) is 12.1 Å². The van der Waals surface area contributed by atoms with Crippen LogP contribution in [0.4, 0.5) is 0 Å². The summed E-state index contributed by atoms with van der Waals surface area (Å²) in [4.78, 5) is 39.7. The summed E-state index contributed by atoms with van der Waals surface area (Å²) in [6.07, 6.45) is 2.17. The molecular weight excluding hydrogens is 390 g/mol. The summed E-state index contributed by atoms with van der Waals surface area (Å²) in [5.41, 5.74) is 0.185. The van der Waals surface area contributed by atoms with E-state index in [0.29, 0.717) is 10.0 Å². The molecule has 2 aromatic heterocycles. The van der Waals surface area contributed by atoms with Crippen molar-refractivity contribution < 1.29 is 33.8 Å². The van der Waals surface area contributed by atoms with Crippen molar-refractivity contribution in [2.45, 2.75) is 12.3 Å². The second-order valence-electron chi connectivity index (χ2n) is 4.33. The second kappa shape index (κ2) is 5.57. The van der Waals surface area contributed by atoms with E-state index in [4.69, 9.17) is 19.6 Å². The summed E-state index contributed by atoms with van der Waals surface area (Å²) in [7, 11) is -9.13. The minimum absolute atomic E-state index is 0.245. The first-order chi connectivity index (χ1) is 9.48. The number of aliphatic hydroxyl groups excluding tert-OH is 1. The molecule has 0 aliphatic rings. The lowest BCUT2D eigenvalue weighted by molar-refractivity contribution is 0.202. The first-order valence-corrected chi connectivity index (χ1v) is 9.53. The average molecular weight is 401 g/mol. The van der Waals surface area contributed by atoms with Crippen molar-refractivity contribution in [1.29, 1.82) is 0 Å².